The highest BCUT2D eigenvalue weighted by molar-refractivity contribution is 6.30. The Balaban J connectivity index is 1.64. The second-order valence-corrected chi connectivity index (χ2v) is 7.80. The van der Waals surface area contributed by atoms with Gasteiger partial charge in [-0.05, 0) is 68.5 Å². The average Bonchev–Trinajstić information content (AvgIpc) is 2.70. The summed E-state index contributed by atoms with van der Waals surface area (Å²) in [4.78, 5) is 14.6. The predicted octanol–water partition coefficient (Wildman–Crippen LogP) is 4.99. The van der Waals surface area contributed by atoms with Crippen molar-refractivity contribution in [3.8, 4) is 5.75 Å². The second kappa shape index (κ2) is 6.31. The maximum atomic E-state index is 12.4. The van der Waals surface area contributed by atoms with Crippen molar-refractivity contribution in [1.29, 1.82) is 0 Å². The van der Waals surface area contributed by atoms with E-state index >= 15 is 0 Å². The van der Waals surface area contributed by atoms with Crippen molar-refractivity contribution in [2.75, 3.05) is 11.6 Å². The van der Waals surface area contributed by atoms with E-state index in [1.165, 1.54) is 5.56 Å². The Morgan fingerprint density at radius 1 is 1.07 bits per heavy atom. The molecule has 5 rings (SSSR count). The van der Waals surface area contributed by atoms with Gasteiger partial charge in [0.2, 0.25) is 0 Å². The summed E-state index contributed by atoms with van der Waals surface area (Å²) >= 11 is 6.01. The normalized spacial score (nSPS) is 16.0. The zero-order chi connectivity index (χ0) is 18.5. The highest BCUT2D eigenvalue weighted by Crippen LogP contribution is 2.38. The van der Waals surface area contributed by atoms with Crippen LogP contribution >= 0.6 is 11.6 Å². The first-order valence-corrected chi connectivity index (χ1v) is 9.74. The van der Waals surface area contributed by atoms with Crippen LogP contribution in [-0.2, 0) is 19.4 Å². The first kappa shape index (κ1) is 16.7. The number of rotatable bonds is 1. The molecule has 0 N–H and O–H groups in total. The van der Waals surface area contributed by atoms with Gasteiger partial charge >= 0.3 is 5.63 Å². The third kappa shape index (κ3) is 2.71. The van der Waals surface area contributed by atoms with E-state index < -0.39 is 0 Å². The Bertz CT molecular complexity index is 1100. The van der Waals surface area contributed by atoms with Crippen LogP contribution in [0.2, 0.25) is 5.02 Å². The van der Waals surface area contributed by atoms with Gasteiger partial charge < -0.3 is 14.1 Å². The number of fused-ring (bicyclic) bond motifs is 4. The maximum absolute atomic E-state index is 12.4. The molecule has 0 spiro atoms. The van der Waals surface area contributed by atoms with Gasteiger partial charge in [0.15, 0.2) is 6.73 Å². The molecule has 1 aromatic heterocycles. The van der Waals surface area contributed by atoms with E-state index in [4.69, 9.17) is 20.8 Å². The number of hydrogen-bond donors (Lipinski definition) is 0. The third-order valence-corrected chi connectivity index (χ3v) is 5.94. The van der Waals surface area contributed by atoms with Gasteiger partial charge in [-0.1, -0.05) is 11.6 Å². The van der Waals surface area contributed by atoms with Crippen molar-refractivity contribution in [3.05, 3.63) is 68.0 Å². The van der Waals surface area contributed by atoms with Crippen LogP contribution in [0.15, 0.2) is 39.5 Å². The number of anilines is 1. The molecule has 0 saturated heterocycles. The first-order chi connectivity index (χ1) is 13.1. The molecule has 138 valence electrons. The lowest BCUT2D eigenvalue weighted by Gasteiger charge is -2.32. The van der Waals surface area contributed by atoms with E-state index in [9.17, 15) is 4.79 Å². The lowest BCUT2D eigenvalue weighted by Crippen LogP contribution is -2.32. The highest BCUT2D eigenvalue weighted by Gasteiger charge is 2.25. The Morgan fingerprint density at radius 3 is 2.59 bits per heavy atom. The summed E-state index contributed by atoms with van der Waals surface area (Å²) in [5.41, 5.74) is 5.65. The molecular formula is C22H20ClNO3. The monoisotopic (exact) mass is 381 g/mol. The quantitative estimate of drug-likeness (QED) is 0.557. The second-order valence-electron chi connectivity index (χ2n) is 7.37. The fraction of sp³-hybridized carbons (Fsp3) is 0.318. The van der Waals surface area contributed by atoms with Crippen molar-refractivity contribution >= 4 is 28.3 Å². The topological polar surface area (TPSA) is 42.7 Å². The summed E-state index contributed by atoms with van der Waals surface area (Å²) in [6.07, 6.45) is 3.93. The fourth-order valence-electron chi connectivity index (χ4n) is 4.32. The molecule has 4 nitrogen and oxygen atoms in total. The summed E-state index contributed by atoms with van der Waals surface area (Å²) < 4.78 is 11.8. The number of nitrogens with zero attached hydrogens (tertiary/aromatic N) is 1. The molecule has 2 heterocycles. The summed E-state index contributed by atoms with van der Waals surface area (Å²) in [6.45, 7) is 3.19. The van der Waals surface area contributed by atoms with E-state index in [2.05, 4.69) is 11.0 Å². The lowest BCUT2D eigenvalue weighted by atomic mass is 9.89. The molecule has 27 heavy (non-hydrogen) atoms. The van der Waals surface area contributed by atoms with Gasteiger partial charge in [0, 0.05) is 39.3 Å². The largest absolute Gasteiger partial charge is 0.472 e. The van der Waals surface area contributed by atoms with Gasteiger partial charge in [0.25, 0.3) is 0 Å². The molecule has 0 fully saturated rings. The van der Waals surface area contributed by atoms with Crippen LogP contribution in [0.25, 0.3) is 11.0 Å². The van der Waals surface area contributed by atoms with E-state index in [1.807, 2.05) is 31.2 Å². The summed E-state index contributed by atoms with van der Waals surface area (Å²) in [5, 5.41) is 1.79. The minimum atomic E-state index is -0.182. The number of ether oxygens (including phenoxy) is 1. The van der Waals surface area contributed by atoms with Crippen molar-refractivity contribution in [3.63, 3.8) is 0 Å². The van der Waals surface area contributed by atoms with E-state index in [1.54, 1.807) is 0 Å². The van der Waals surface area contributed by atoms with Gasteiger partial charge in [-0.15, -0.1) is 0 Å². The Morgan fingerprint density at radius 2 is 1.81 bits per heavy atom. The minimum absolute atomic E-state index is 0.182. The van der Waals surface area contributed by atoms with Crippen molar-refractivity contribution in [2.45, 2.75) is 39.2 Å². The van der Waals surface area contributed by atoms with Gasteiger partial charge in [-0.2, -0.15) is 0 Å². The van der Waals surface area contributed by atoms with Crippen LogP contribution in [0.3, 0.4) is 0 Å². The molecule has 3 aromatic rings. The van der Waals surface area contributed by atoms with Crippen LogP contribution in [-0.4, -0.2) is 6.73 Å². The third-order valence-electron chi connectivity index (χ3n) is 5.69. The molecule has 0 unspecified atom stereocenters. The van der Waals surface area contributed by atoms with Gasteiger partial charge in [-0.25, -0.2) is 4.79 Å². The number of aryl methyl sites for hydroxylation is 2. The molecule has 0 amide bonds. The van der Waals surface area contributed by atoms with Crippen molar-refractivity contribution in [2.24, 2.45) is 0 Å². The van der Waals surface area contributed by atoms with E-state index in [0.29, 0.717) is 12.3 Å². The number of halogens is 1. The average molecular weight is 382 g/mol. The van der Waals surface area contributed by atoms with Crippen molar-refractivity contribution < 1.29 is 9.15 Å². The minimum Gasteiger partial charge on any atom is -0.472 e. The Hall–Kier alpha value is -2.46. The molecular weight excluding hydrogens is 362 g/mol. The highest BCUT2D eigenvalue weighted by atomic mass is 35.5. The molecule has 0 saturated carbocycles. The zero-order valence-electron chi connectivity index (χ0n) is 15.2. The van der Waals surface area contributed by atoms with Crippen LogP contribution in [0.1, 0.15) is 35.1 Å². The van der Waals surface area contributed by atoms with Gasteiger partial charge in [-0.3, -0.25) is 0 Å². The van der Waals surface area contributed by atoms with Crippen LogP contribution in [0.4, 0.5) is 5.69 Å². The summed E-state index contributed by atoms with van der Waals surface area (Å²) in [7, 11) is 0. The SMILES string of the molecule is Cc1c2c(cc3c4c(c(=O)oc13)CCCC4)CN(c1ccc(Cl)cc1)CO2. The molecule has 2 aromatic carbocycles. The van der Waals surface area contributed by atoms with Gasteiger partial charge in [0.05, 0.1) is 0 Å². The standard InChI is InChI=1S/C22H20ClNO3/c1-13-20-14(11-24(12-26-20)16-8-6-15(23)7-9-16)10-19-17-4-2-3-5-18(17)22(25)27-21(13)19/h6-10H,2-5,11-12H2,1H3. The molecule has 1 aliphatic heterocycles. The molecule has 0 bridgehead atoms. The molecule has 0 atom stereocenters. The summed E-state index contributed by atoms with van der Waals surface area (Å²) in [5.74, 6) is 0.839. The number of hydrogen-bond acceptors (Lipinski definition) is 4. The van der Waals surface area contributed by atoms with Crippen molar-refractivity contribution in [1.82, 2.24) is 0 Å². The Kier molecular flexibility index (Phi) is 3.90. The smallest absolute Gasteiger partial charge is 0.339 e. The predicted molar refractivity (Wildman–Crippen MR) is 107 cm³/mol. The van der Waals surface area contributed by atoms with Crippen LogP contribution in [0.5, 0.6) is 5.75 Å². The van der Waals surface area contributed by atoms with E-state index in [-0.39, 0.29) is 5.63 Å². The number of benzene rings is 2. The summed E-state index contributed by atoms with van der Waals surface area (Å²) in [6, 6.07) is 9.95. The molecule has 2 aliphatic rings. The Labute approximate surface area is 162 Å². The molecule has 1 aliphatic carbocycles. The van der Waals surface area contributed by atoms with Gasteiger partial charge in [0.1, 0.15) is 11.3 Å². The zero-order valence-corrected chi connectivity index (χ0v) is 15.9. The fourth-order valence-corrected chi connectivity index (χ4v) is 4.44. The van der Waals surface area contributed by atoms with Crippen LogP contribution in [0, 0.1) is 6.92 Å². The van der Waals surface area contributed by atoms with Crippen LogP contribution < -0.4 is 15.3 Å². The lowest BCUT2D eigenvalue weighted by molar-refractivity contribution is 0.287. The van der Waals surface area contributed by atoms with E-state index in [0.717, 1.165) is 70.8 Å². The molecule has 5 heteroatoms. The maximum Gasteiger partial charge on any atom is 0.339 e. The molecule has 0 radical (unpaired) electrons. The first-order valence-electron chi connectivity index (χ1n) is 9.36.